The molecule has 1 aromatic rings. The Morgan fingerprint density at radius 2 is 2.23 bits per heavy atom. The summed E-state index contributed by atoms with van der Waals surface area (Å²) in [6.45, 7) is 5.34. The van der Waals surface area contributed by atoms with Crippen molar-refractivity contribution < 1.29 is 14.3 Å². The molecule has 22 heavy (non-hydrogen) atoms. The molecule has 6 nitrogen and oxygen atoms in total. The van der Waals surface area contributed by atoms with Crippen molar-refractivity contribution in [1.82, 2.24) is 14.8 Å². The number of nitrogens with zero attached hydrogens (tertiary/aromatic N) is 2. The Labute approximate surface area is 131 Å². The lowest BCUT2D eigenvalue weighted by molar-refractivity contribution is -0.189. The van der Waals surface area contributed by atoms with Gasteiger partial charge in [-0.2, -0.15) is 0 Å². The van der Waals surface area contributed by atoms with E-state index >= 15 is 0 Å². The Bertz CT molecular complexity index is 522. The highest BCUT2D eigenvalue weighted by molar-refractivity contribution is 5.74. The van der Waals surface area contributed by atoms with Crippen molar-refractivity contribution in [1.29, 1.82) is 0 Å². The van der Waals surface area contributed by atoms with Crippen LogP contribution in [0.2, 0.25) is 0 Å². The van der Waals surface area contributed by atoms with Gasteiger partial charge in [0.25, 0.3) is 0 Å². The molecule has 0 aromatic carbocycles. The molecule has 3 rings (SSSR count). The molecule has 2 aliphatic heterocycles. The highest BCUT2D eigenvalue weighted by atomic mass is 16.7. The fourth-order valence-corrected chi connectivity index (χ4v) is 3.31. The molecule has 2 amide bonds. The second kappa shape index (κ2) is 6.30. The van der Waals surface area contributed by atoms with Crippen LogP contribution >= 0.6 is 0 Å². The van der Waals surface area contributed by atoms with Crippen LogP contribution in [0.15, 0.2) is 18.5 Å². The van der Waals surface area contributed by atoms with Crippen LogP contribution in [0.1, 0.15) is 25.3 Å². The number of amides is 2. The minimum atomic E-state index is -0.529. The minimum Gasteiger partial charge on any atom is -0.357 e. The average molecular weight is 307 g/mol. The van der Waals surface area contributed by atoms with Gasteiger partial charge in [0, 0.05) is 45.0 Å². The van der Waals surface area contributed by atoms with Crippen molar-refractivity contribution in [2.75, 3.05) is 26.3 Å². The quantitative estimate of drug-likeness (QED) is 0.925. The van der Waals surface area contributed by atoms with Gasteiger partial charge in [0.15, 0.2) is 5.79 Å². The summed E-state index contributed by atoms with van der Waals surface area (Å²) in [5, 5.41) is 3.00. The maximum absolute atomic E-state index is 12.4. The first kappa shape index (κ1) is 15.4. The zero-order chi connectivity index (χ0) is 15.6. The molecule has 2 saturated heterocycles. The second-order valence-corrected chi connectivity index (χ2v) is 6.34. The van der Waals surface area contributed by atoms with Gasteiger partial charge < -0.3 is 24.3 Å². The molecule has 1 aromatic heterocycles. The van der Waals surface area contributed by atoms with Crippen LogP contribution in [-0.4, -0.2) is 47.6 Å². The zero-order valence-corrected chi connectivity index (χ0v) is 13.4. The van der Waals surface area contributed by atoms with Crippen LogP contribution in [-0.2, 0) is 23.1 Å². The molecule has 0 saturated carbocycles. The molecule has 0 spiro atoms. The summed E-state index contributed by atoms with van der Waals surface area (Å²) in [6, 6.07) is 2.01. The summed E-state index contributed by atoms with van der Waals surface area (Å²) in [4.78, 5) is 14.3. The van der Waals surface area contributed by atoms with Crippen molar-refractivity contribution >= 4 is 6.03 Å². The summed E-state index contributed by atoms with van der Waals surface area (Å²) in [5.41, 5.74) is 1.11. The number of carbonyl (C=O) groups excluding carboxylic acids is 1. The fourth-order valence-electron chi connectivity index (χ4n) is 3.31. The Morgan fingerprint density at radius 1 is 1.45 bits per heavy atom. The maximum Gasteiger partial charge on any atom is 0.317 e. The Morgan fingerprint density at radius 3 is 2.91 bits per heavy atom. The lowest BCUT2D eigenvalue weighted by Crippen LogP contribution is -2.51. The molecule has 6 heteroatoms. The second-order valence-electron chi connectivity index (χ2n) is 6.34. The first-order valence-electron chi connectivity index (χ1n) is 7.98. The van der Waals surface area contributed by atoms with Crippen molar-refractivity contribution in [3.05, 3.63) is 24.0 Å². The van der Waals surface area contributed by atoms with E-state index in [1.807, 2.05) is 41.9 Å². The van der Waals surface area contributed by atoms with Crippen LogP contribution in [0.3, 0.4) is 0 Å². The van der Waals surface area contributed by atoms with Crippen LogP contribution in [0.25, 0.3) is 0 Å². The van der Waals surface area contributed by atoms with E-state index in [0.717, 1.165) is 24.9 Å². The highest BCUT2D eigenvalue weighted by Gasteiger charge is 2.42. The van der Waals surface area contributed by atoms with Crippen molar-refractivity contribution in [2.45, 2.75) is 32.1 Å². The Kier molecular flexibility index (Phi) is 4.40. The van der Waals surface area contributed by atoms with Gasteiger partial charge in [-0.05, 0) is 31.4 Å². The Balaban J connectivity index is 1.53. The number of aromatic nitrogens is 1. The molecule has 1 unspecified atom stereocenters. The molecule has 0 aliphatic carbocycles. The number of ether oxygens (including phenoxy) is 2. The molecule has 1 atom stereocenters. The number of carbonyl (C=O) groups is 1. The van der Waals surface area contributed by atoms with E-state index < -0.39 is 5.79 Å². The molecular weight excluding hydrogens is 282 g/mol. The summed E-state index contributed by atoms with van der Waals surface area (Å²) < 4.78 is 13.5. The fraction of sp³-hybridized carbons (Fsp3) is 0.688. The zero-order valence-electron chi connectivity index (χ0n) is 13.4. The van der Waals surface area contributed by atoms with Crippen molar-refractivity contribution in [3.8, 4) is 0 Å². The van der Waals surface area contributed by atoms with Gasteiger partial charge in [0.1, 0.15) is 0 Å². The lowest BCUT2D eigenvalue weighted by atomic mass is 9.90. The normalized spacial score (nSPS) is 24.5. The lowest BCUT2D eigenvalue weighted by Gasteiger charge is -2.39. The van der Waals surface area contributed by atoms with Crippen LogP contribution < -0.4 is 5.32 Å². The average Bonchev–Trinajstić information content (AvgIpc) is 3.14. The van der Waals surface area contributed by atoms with E-state index in [1.165, 1.54) is 0 Å². The summed E-state index contributed by atoms with van der Waals surface area (Å²) in [6.07, 6.45) is 6.03. The number of rotatable bonds is 3. The molecule has 3 heterocycles. The Hall–Kier alpha value is -1.53. The molecule has 1 N–H and O–H groups in total. The van der Waals surface area contributed by atoms with E-state index in [1.54, 1.807) is 0 Å². The van der Waals surface area contributed by atoms with Crippen LogP contribution in [0, 0.1) is 5.92 Å². The standard InChI is InChI=1S/C16H25N3O3/c1-16(21-8-9-22-16)14-4-3-6-19(12-14)15(20)17-10-13-5-7-18(2)11-13/h5,7,11,14H,3-4,6,8-10,12H2,1-2H3,(H,17,20). The topological polar surface area (TPSA) is 55.7 Å². The van der Waals surface area contributed by atoms with Crippen molar-refractivity contribution in [2.24, 2.45) is 13.0 Å². The largest absolute Gasteiger partial charge is 0.357 e. The van der Waals surface area contributed by atoms with Crippen LogP contribution in [0.5, 0.6) is 0 Å². The number of piperidine rings is 1. The number of aryl methyl sites for hydroxylation is 1. The molecule has 0 bridgehead atoms. The van der Waals surface area contributed by atoms with Gasteiger partial charge in [-0.3, -0.25) is 0 Å². The molecule has 0 radical (unpaired) electrons. The smallest absolute Gasteiger partial charge is 0.317 e. The van der Waals surface area contributed by atoms with Gasteiger partial charge >= 0.3 is 6.03 Å². The summed E-state index contributed by atoms with van der Waals surface area (Å²) in [5.74, 6) is -0.288. The van der Waals surface area contributed by atoms with Crippen LogP contribution in [0.4, 0.5) is 4.79 Å². The van der Waals surface area contributed by atoms with Gasteiger partial charge in [-0.1, -0.05) is 0 Å². The number of nitrogens with one attached hydrogen (secondary N) is 1. The first-order chi connectivity index (χ1) is 10.6. The van der Waals surface area contributed by atoms with E-state index in [0.29, 0.717) is 26.3 Å². The summed E-state index contributed by atoms with van der Waals surface area (Å²) in [7, 11) is 1.98. The van der Waals surface area contributed by atoms with Gasteiger partial charge in [0.2, 0.25) is 0 Å². The molecule has 2 fully saturated rings. The predicted molar refractivity (Wildman–Crippen MR) is 82.3 cm³/mol. The third-order valence-electron chi connectivity index (χ3n) is 4.65. The van der Waals surface area contributed by atoms with Crippen molar-refractivity contribution in [3.63, 3.8) is 0 Å². The van der Waals surface area contributed by atoms with E-state index in [2.05, 4.69) is 5.32 Å². The molecule has 122 valence electrons. The first-order valence-corrected chi connectivity index (χ1v) is 7.98. The van der Waals surface area contributed by atoms with Gasteiger partial charge in [-0.25, -0.2) is 4.79 Å². The predicted octanol–water partition coefficient (Wildman–Crippen LogP) is 1.71. The van der Waals surface area contributed by atoms with E-state index in [-0.39, 0.29) is 11.9 Å². The number of hydrogen-bond donors (Lipinski definition) is 1. The molecular formula is C16H25N3O3. The third kappa shape index (κ3) is 3.28. The number of hydrogen-bond acceptors (Lipinski definition) is 3. The highest BCUT2D eigenvalue weighted by Crippen LogP contribution is 2.34. The summed E-state index contributed by atoms with van der Waals surface area (Å²) >= 11 is 0. The molecule has 2 aliphatic rings. The third-order valence-corrected chi connectivity index (χ3v) is 4.65. The van der Waals surface area contributed by atoms with E-state index in [9.17, 15) is 4.79 Å². The van der Waals surface area contributed by atoms with Gasteiger partial charge in [-0.15, -0.1) is 0 Å². The van der Waals surface area contributed by atoms with Gasteiger partial charge in [0.05, 0.1) is 13.2 Å². The SMILES string of the molecule is Cn1ccc(CNC(=O)N2CCCC(C3(C)OCCO3)C2)c1. The van der Waals surface area contributed by atoms with E-state index in [4.69, 9.17) is 9.47 Å². The number of urea groups is 1. The minimum absolute atomic E-state index is 0.00449. The maximum atomic E-state index is 12.4. The monoisotopic (exact) mass is 307 g/mol. The number of likely N-dealkylation sites (tertiary alicyclic amines) is 1.